The van der Waals surface area contributed by atoms with E-state index in [2.05, 4.69) is 26.5 Å². The number of hydrogen-bond donors (Lipinski definition) is 1. The molecule has 0 saturated carbocycles. The van der Waals surface area contributed by atoms with Crippen LogP contribution in [0.4, 0.5) is 11.4 Å². The first-order chi connectivity index (χ1) is 17.1. The van der Waals surface area contributed by atoms with Crippen molar-refractivity contribution in [3.8, 4) is 5.75 Å². The molecule has 0 saturated heterocycles. The molecule has 0 fully saturated rings. The summed E-state index contributed by atoms with van der Waals surface area (Å²) in [6.07, 6.45) is 1.48. The Bertz CT molecular complexity index is 1330. The molecule has 0 spiro atoms. The van der Waals surface area contributed by atoms with Crippen LogP contribution in [-0.4, -0.2) is 47.8 Å². The Balaban J connectivity index is 1.82. The molecule has 8 nitrogen and oxygen atoms in total. The second-order valence-electron chi connectivity index (χ2n) is 7.79. The van der Waals surface area contributed by atoms with Gasteiger partial charge in [0.05, 0.1) is 29.1 Å². The molecule has 0 unspecified atom stereocenters. The third-order valence-electron chi connectivity index (χ3n) is 4.98. The van der Waals surface area contributed by atoms with Gasteiger partial charge in [-0.25, -0.2) is 13.8 Å². The Morgan fingerprint density at radius 3 is 2.33 bits per heavy atom. The lowest BCUT2D eigenvalue weighted by atomic mass is 10.2. The van der Waals surface area contributed by atoms with E-state index in [1.54, 1.807) is 24.3 Å². The van der Waals surface area contributed by atoms with Crippen LogP contribution in [0.1, 0.15) is 12.5 Å². The van der Waals surface area contributed by atoms with E-state index in [0.717, 1.165) is 20.0 Å². The van der Waals surface area contributed by atoms with Crippen molar-refractivity contribution in [3.63, 3.8) is 0 Å². The third kappa shape index (κ3) is 6.99. The quantitative estimate of drug-likeness (QED) is 0.266. The number of sulfonamides is 1. The smallest absolute Gasteiger partial charge is 0.264 e. The highest BCUT2D eigenvalue weighted by molar-refractivity contribution is 9.10. The standard InChI is InChI=1S/C25H26BrClN4O4S/c1-4-35-21-10-8-20(9-11-21)31(36(33,34)22-12-6-19(27)7-13-22)17-25(32)29-28-16-18-5-14-24(30(2)3)23(26)15-18/h5-16H,4,17H2,1-3H3,(H,29,32)/b28-16-. The molecule has 3 aromatic rings. The summed E-state index contributed by atoms with van der Waals surface area (Å²) in [5, 5.41) is 4.39. The summed E-state index contributed by atoms with van der Waals surface area (Å²) in [4.78, 5) is 14.7. The summed E-state index contributed by atoms with van der Waals surface area (Å²) in [5.41, 5.74) is 4.46. The van der Waals surface area contributed by atoms with Crippen LogP contribution in [0.15, 0.2) is 81.2 Å². The van der Waals surface area contributed by atoms with Gasteiger partial charge in [-0.05, 0) is 89.1 Å². The number of amides is 1. The lowest BCUT2D eigenvalue weighted by molar-refractivity contribution is -0.119. The van der Waals surface area contributed by atoms with Gasteiger partial charge in [0.15, 0.2) is 0 Å². The molecule has 0 atom stereocenters. The predicted octanol–water partition coefficient (Wildman–Crippen LogP) is 4.91. The van der Waals surface area contributed by atoms with Crippen molar-refractivity contribution < 1.29 is 17.9 Å². The molecule has 0 aliphatic heterocycles. The molecule has 0 radical (unpaired) electrons. The number of hydrogen-bond acceptors (Lipinski definition) is 6. The fourth-order valence-corrected chi connectivity index (χ4v) is 5.53. The van der Waals surface area contributed by atoms with Gasteiger partial charge in [-0.1, -0.05) is 17.7 Å². The fourth-order valence-electron chi connectivity index (χ4n) is 3.23. The van der Waals surface area contributed by atoms with Crippen molar-refractivity contribution in [2.75, 3.05) is 36.5 Å². The molecule has 3 rings (SSSR count). The molecule has 0 heterocycles. The second kappa shape index (κ2) is 12.2. The lowest BCUT2D eigenvalue weighted by Gasteiger charge is -2.24. The van der Waals surface area contributed by atoms with Crippen LogP contribution in [0.25, 0.3) is 0 Å². The summed E-state index contributed by atoms with van der Waals surface area (Å²) < 4.78 is 34.2. The summed E-state index contributed by atoms with van der Waals surface area (Å²) in [6, 6.07) is 17.8. The minimum Gasteiger partial charge on any atom is -0.494 e. The number of rotatable bonds is 10. The zero-order valence-electron chi connectivity index (χ0n) is 20.0. The van der Waals surface area contributed by atoms with Gasteiger partial charge in [-0.15, -0.1) is 0 Å². The number of benzene rings is 3. The lowest BCUT2D eigenvalue weighted by Crippen LogP contribution is -2.39. The molecule has 11 heteroatoms. The molecule has 3 aromatic carbocycles. The number of halogens is 2. The van der Waals surface area contributed by atoms with Crippen molar-refractivity contribution in [3.05, 3.63) is 81.8 Å². The maximum absolute atomic E-state index is 13.4. The van der Waals surface area contributed by atoms with Crippen molar-refractivity contribution in [2.45, 2.75) is 11.8 Å². The highest BCUT2D eigenvalue weighted by Crippen LogP contribution is 2.27. The van der Waals surface area contributed by atoms with Crippen LogP contribution in [0.3, 0.4) is 0 Å². The van der Waals surface area contributed by atoms with Gasteiger partial charge in [0, 0.05) is 23.6 Å². The summed E-state index contributed by atoms with van der Waals surface area (Å²) in [7, 11) is -0.211. The van der Waals surface area contributed by atoms with E-state index in [0.29, 0.717) is 23.1 Å². The largest absolute Gasteiger partial charge is 0.494 e. The minimum absolute atomic E-state index is 0.00270. The number of nitrogens with zero attached hydrogens (tertiary/aromatic N) is 3. The van der Waals surface area contributed by atoms with E-state index in [9.17, 15) is 13.2 Å². The second-order valence-corrected chi connectivity index (χ2v) is 10.9. The SMILES string of the molecule is CCOc1ccc(N(CC(=O)N/N=C\c2ccc(N(C)C)c(Br)c2)S(=O)(=O)c2ccc(Cl)cc2)cc1. The van der Waals surface area contributed by atoms with Gasteiger partial charge in [-0.3, -0.25) is 9.10 Å². The molecule has 0 aliphatic rings. The number of carbonyl (C=O) groups excluding carboxylic acids is 1. The van der Waals surface area contributed by atoms with Gasteiger partial charge in [0.2, 0.25) is 0 Å². The van der Waals surface area contributed by atoms with Crippen LogP contribution >= 0.6 is 27.5 Å². The molecule has 1 N–H and O–H groups in total. The van der Waals surface area contributed by atoms with Gasteiger partial charge < -0.3 is 9.64 Å². The van der Waals surface area contributed by atoms with E-state index in [-0.39, 0.29) is 4.90 Å². The van der Waals surface area contributed by atoms with Crippen molar-refractivity contribution >= 4 is 61.1 Å². The zero-order valence-corrected chi connectivity index (χ0v) is 23.1. The number of hydrazone groups is 1. The Labute approximate surface area is 224 Å². The predicted molar refractivity (Wildman–Crippen MR) is 148 cm³/mol. The van der Waals surface area contributed by atoms with E-state index in [4.69, 9.17) is 16.3 Å². The molecular formula is C25H26BrClN4O4S. The van der Waals surface area contributed by atoms with Crippen LogP contribution in [0.2, 0.25) is 5.02 Å². The van der Waals surface area contributed by atoms with Crippen molar-refractivity contribution in [1.29, 1.82) is 0 Å². The topological polar surface area (TPSA) is 91.3 Å². The van der Waals surface area contributed by atoms with Crippen LogP contribution in [-0.2, 0) is 14.8 Å². The first-order valence-electron chi connectivity index (χ1n) is 10.9. The van der Waals surface area contributed by atoms with Crippen LogP contribution in [0.5, 0.6) is 5.75 Å². The molecular weight excluding hydrogens is 568 g/mol. The summed E-state index contributed by atoms with van der Waals surface area (Å²) >= 11 is 9.43. The maximum atomic E-state index is 13.4. The van der Waals surface area contributed by atoms with Crippen LogP contribution in [0, 0.1) is 0 Å². The van der Waals surface area contributed by atoms with Crippen molar-refractivity contribution in [1.82, 2.24) is 5.43 Å². The summed E-state index contributed by atoms with van der Waals surface area (Å²) in [5.74, 6) is -0.0211. The normalized spacial score (nSPS) is 11.4. The third-order valence-corrected chi connectivity index (χ3v) is 7.66. The first-order valence-corrected chi connectivity index (χ1v) is 13.5. The Hall–Kier alpha value is -3.08. The number of carbonyl (C=O) groups is 1. The average Bonchev–Trinajstić information content (AvgIpc) is 2.83. The van der Waals surface area contributed by atoms with E-state index >= 15 is 0 Å². The maximum Gasteiger partial charge on any atom is 0.264 e. The number of ether oxygens (including phenoxy) is 1. The van der Waals surface area contributed by atoms with Crippen molar-refractivity contribution in [2.24, 2.45) is 5.10 Å². The number of nitrogens with one attached hydrogen (secondary N) is 1. The fraction of sp³-hybridized carbons (Fsp3) is 0.200. The summed E-state index contributed by atoms with van der Waals surface area (Å²) in [6.45, 7) is 1.84. The van der Waals surface area contributed by atoms with E-state index in [1.807, 2.05) is 44.1 Å². The molecule has 0 bridgehead atoms. The average molecular weight is 594 g/mol. The number of anilines is 2. The monoisotopic (exact) mass is 592 g/mol. The Kier molecular flexibility index (Phi) is 9.36. The van der Waals surface area contributed by atoms with Gasteiger partial charge in [-0.2, -0.15) is 5.10 Å². The minimum atomic E-state index is -4.08. The van der Waals surface area contributed by atoms with Crippen LogP contribution < -0.4 is 19.4 Å². The molecule has 1 amide bonds. The van der Waals surface area contributed by atoms with Gasteiger partial charge in [0.1, 0.15) is 12.3 Å². The van der Waals surface area contributed by atoms with Gasteiger partial charge >= 0.3 is 0 Å². The Morgan fingerprint density at radius 2 is 1.75 bits per heavy atom. The Morgan fingerprint density at radius 1 is 1.08 bits per heavy atom. The van der Waals surface area contributed by atoms with E-state index < -0.39 is 22.5 Å². The highest BCUT2D eigenvalue weighted by Gasteiger charge is 2.27. The van der Waals surface area contributed by atoms with E-state index in [1.165, 1.54) is 30.5 Å². The molecule has 0 aliphatic carbocycles. The molecule has 190 valence electrons. The van der Waals surface area contributed by atoms with Gasteiger partial charge in [0.25, 0.3) is 15.9 Å². The first kappa shape index (κ1) is 27.5. The molecule has 36 heavy (non-hydrogen) atoms. The zero-order chi connectivity index (χ0) is 26.3. The molecule has 0 aromatic heterocycles. The highest BCUT2D eigenvalue weighted by atomic mass is 79.9.